The van der Waals surface area contributed by atoms with Crippen LogP contribution in [0.5, 0.6) is 5.75 Å². The van der Waals surface area contributed by atoms with Gasteiger partial charge in [0.25, 0.3) is 0 Å². The van der Waals surface area contributed by atoms with Gasteiger partial charge in [-0.3, -0.25) is 0 Å². The van der Waals surface area contributed by atoms with E-state index in [9.17, 15) is 4.79 Å². The van der Waals surface area contributed by atoms with Crippen LogP contribution in [0.15, 0.2) is 77.3 Å². The zero-order valence-electron chi connectivity index (χ0n) is 14.7. The van der Waals surface area contributed by atoms with E-state index in [1.807, 2.05) is 60.7 Å². The van der Waals surface area contributed by atoms with Gasteiger partial charge >= 0.3 is 5.97 Å². The third-order valence-electron chi connectivity index (χ3n) is 4.27. The predicted octanol–water partition coefficient (Wildman–Crippen LogP) is 4.86. The maximum absolute atomic E-state index is 11.5. The molecule has 3 aromatic carbocycles. The van der Waals surface area contributed by atoms with E-state index >= 15 is 0 Å². The summed E-state index contributed by atoms with van der Waals surface area (Å²) in [6, 6.07) is 22.7. The van der Waals surface area contributed by atoms with Crippen LogP contribution in [0, 0.1) is 0 Å². The summed E-state index contributed by atoms with van der Waals surface area (Å²) < 4.78 is 16.0. The van der Waals surface area contributed by atoms with Crippen molar-refractivity contribution < 1.29 is 18.8 Å². The summed E-state index contributed by atoms with van der Waals surface area (Å²) in [5.41, 5.74) is 3.96. The van der Waals surface area contributed by atoms with E-state index in [2.05, 4.69) is 5.16 Å². The molecule has 0 atom stereocenters. The van der Waals surface area contributed by atoms with Crippen molar-refractivity contribution in [1.82, 2.24) is 5.16 Å². The second-order valence-electron chi connectivity index (χ2n) is 6.03. The first-order valence-corrected chi connectivity index (χ1v) is 8.49. The second kappa shape index (κ2) is 7.33. The molecule has 0 saturated heterocycles. The van der Waals surface area contributed by atoms with Gasteiger partial charge in [0.05, 0.1) is 12.7 Å². The summed E-state index contributed by atoms with van der Waals surface area (Å²) >= 11 is 0. The molecule has 1 aromatic heterocycles. The SMILES string of the molecule is COC(=O)c1ccc(COc2ccc3c(-c4ccccc4)noc3c2)cc1. The first kappa shape index (κ1) is 16.8. The molecule has 0 bridgehead atoms. The molecule has 0 amide bonds. The highest BCUT2D eigenvalue weighted by molar-refractivity contribution is 5.92. The van der Waals surface area contributed by atoms with Gasteiger partial charge in [0.1, 0.15) is 18.1 Å². The van der Waals surface area contributed by atoms with Gasteiger partial charge in [-0.05, 0) is 29.8 Å². The minimum Gasteiger partial charge on any atom is -0.489 e. The monoisotopic (exact) mass is 359 g/mol. The summed E-state index contributed by atoms with van der Waals surface area (Å²) in [5, 5.41) is 5.13. The molecular weight excluding hydrogens is 342 g/mol. The van der Waals surface area contributed by atoms with Crippen molar-refractivity contribution in [3.63, 3.8) is 0 Å². The largest absolute Gasteiger partial charge is 0.489 e. The smallest absolute Gasteiger partial charge is 0.337 e. The number of esters is 1. The number of carbonyl (C=O) groups excluding carboxylic acids is 1. The molecule has 0 fully saturated rings. The fraction of sp³-hybridized carbons (Fsp3) is 0.0909. The molecule has 4 aromatic rings. The number of fused-ring (bicyclic) bond motifs is 1. The molecule has 0 saturated carbocycles. The van der Waals surface area contributed by atoms with Gasteiger partial charge in [-0.25, -0.2) is 4.79 Å². The fourth-order valence-corrected chi connectivity index (χ4v) is 2.83. The lowest BCUT2D eigenvalue weighted by molar-refractivity contribution is 0.0600. The Morgan fingerprint density at radius 2 is 1.78 bits per heavy atom. The number of hydrogen-bond donors (Lipinski definition) is 0. The summed E-state index contributed by atoms with van der Waals surface area (Å²) in [6.07, 6.45) is 0. The van der Waals surface area contributed by atoms with Gasteiger partial charge in [-0.15, -0.1) is 0 Å². The summed E-state index contributed by atoms with van der Waals surface area (Å²) in [7, 11) is 1.36. The van der Waals surface area contributed by atoms with Crippen LogP contribution in [0.4, 0.5) is 0 Å². The third kappa shape index (κ3) is 3.53. The van der Waals surface area contributed by atoms with Crippen molar-refractivity contribution >= 4 is 16.9 Å². The van der Waals surface area contributed by atoms with Crippen molar-refractivity contribution in [2.75, 3.05) is 7.11 Å². The van der Waals surface area contributed by atoms with Crippen molar-refractivity contribution in [3.8, 4) is 17.0 Å². The first-order chi connectivity index (χ1) is 13.2. The fourth-order valence-electron chi connectivity index (χ4n) is 2.83. The lowest BCUT2D eigenvalue weighted by Crippen LogP contribution is -2.01. The number of hydrogen-bond acceptors (Lipinski definition) is 5. The van der Waals surface area contributed by atoms with Gasteiger partial charge in [0.2, 0.25) is 0 Å². The molecule has 0 aliphatic heterocycles. The molecule has 0 N–H and O–H groups in total. The van der Waals surface area contributed by atoms with E-state index in [0.717, 1.165) is 22.2 Å². The van der Waals surface area contributed by atoms with Crippen LogP contribution in [0.1, 0.15) is 15.9 Å². The number of carbonyl (C=O) groups is 1. The molecule has 134 valence electrons. The highest BCUT2D eigenvalue weighted by atomic mass is 16.5. The summed E-state index contributed by atoms with van der Waals surface area (Å²) in [6.45, 7) is 0.382. The lowest BCUT2D eigenvalue weighted by atomic mass is 10.1. The van der Waals surface area contributed by atoms with Gasteiger partial charge in [0, 0.05) is 17.0 Å². The molecule has 4 rings (SSSR count). The van der Waals surface area contributed by atoms with E-state index in [1.165, 1.54) is 7.11 Å². The topological polar surface area (TPSA) is 61.6 Å². The van der Waals surface area contributed by atoms with Crippen molar-refractivity contribution in [3.05, 3.63) is 83.9 Å². The van der Waals surface area contributed by atoms with E-state index in [1.54, 1.807) is 12.1 Å². The maximum atomic E-state index is 11.5. The zero-order chi connectivity index (χ0) is 18.6. The molecule has 0 spiro atoms. The van der Waals surface area contributed by atoms with Crippen LogP contribution in [0.3, 0.4) is 0 Å². The molecular formula is C22H17NO4. The first-order valence-electron chi connectivity index (χ1n) is 8.49. The van der Waals surface area contributed by atoms with E-state index in [0.29, 0.717) is 23.5 Å². The van der Waals surface area contributed by atoms with Crippen LogP contribution in [0.2, 0.25) is 0 Å². The van der Waals surface area contributed by atoms with Crippen LogP contribution in [0.25, 0.3) is 22.2 Å². The highest BCUT2D eigenvalue weighted by Crippen LogP contribution is 2.30. The average molecular weight is 359 g/mol. The summed E-state index contributed by atoms with van der Waals surface area (Å²) in [5.74, 6) is 0.336. The quantitative estimate of drug-likeness (QED) is 0.476. The van der Waals surface area contributed by atoms with Crippen LogP contribution < -0.4 is 4.74 Å². The number of rotatable bonds is 5. The van der Waals surface area contributed by atoms with Gasteiger partial charge < -0.3 is 14.0 Å². The molecule has 0 radical (unpaired) electrons. The Balaban J connectivity index is 1.49. The van der Waals surface area contributed by atoms with Gasteiger partial charge in [0.15, 0.2) is 5.58 Å². The third-order valence-corrected chi connectivity index (χ3v) is 4.27. The molecule has 5 heteroatoms. The number of methoxy groups -OCH3 is 1. The van der Waals surface area contributed by atoms with Crippen LogP contribution in [-0.2, 0) is 11.3 Å². The maximum Gasteiger partial charge on any atom is 0.337 e. The second-order valence-corrected chi connectivity index (χ2v) is 6.03. The molecule has 0 aliphatic rings. The molecule has 0 aliphatic carbocycles. The highest BCUT2D eigenvalue weighted by Gasteiger charge is 2.11. The Bertz CT molecular complexity index is 1070. The normalized spacial score (nSPS) is 10.7. The number of ether oxygens (including phenoxy) is 2. The lowest BCUT2D eigenvalue weighted by Gasteiger charge is -2.07. The minimum atomic E-state index is -0.354. The average Bonchev–Trinajstić information content (AvgIpc) is 3.16. The Hall–Kier alpha value is -3.60. The molecule has 0 unspecified atom stereocenters. The predicted molar refractivity (Wildman–Crippen MR) is 102 cm³/mol. The van der Waals surface area contributed by atoms with E-state index in [-0.39, 0.29) is 5.97 Å². The van der Waals surface area contributed by atoms with E-state index < -0.39 is 0 Å². The molecule has 5 nitrogen and oxygen atoms in total. The van der Waals surface area contributed by atoms with Crippen molar-refractivity contribution in [2.45, 2.75) is 6.61 Å². The standard InChI is InChI=1S/C22H17NO4/c1-25-22(24)17-9-7-15(8-10-17)14-26-18-11-12-19-20(13-18)27-23-21(19)16-5-3-2-4-6-16/h2-13H,14H2,1H3. The van der Waals surface area contributed by atoms with Gasteiger partial charge in [-0.1, -0.05) is 47.6 Å². The Labute approximate surface area is 156 Å². The molecule has 1 heterocycles. The number of aromatic nitrogens is 1. The molecule has 27 heavy (non-hydrogen) atoms. The van der Waals surface area contributed by atoms with Gasteiger partial charge in [-0.2, -0.15) is 0 Å². The Morgan fingerprint density at radius 3 is 2.52 bits per heavy atom. The number of nitrogens with zero attached hydrogens (tertiary/aromatic N) is 1. The minimum absolute atomic E-state index is 0.354. The number of benzene rings is 3. The zero-order valence-corrected chi connectivity index (χ0v) is 14.7. The van der Waals surface area contributed by atoms with E-state index in [4.69, 9.17) is 14.0 Å². The van der Waals surface area contributed by atoms with Crippen molar-refractivity contribution in [1.29, 1.82) is 0 Å². The van der Waals surface area contributed by atoms with Crippen LogP contribution in [-0.4, -0.2) is 18.2 Å². The Kier molecular flexibility index (Phi) is 4.58. The summed E-state index contributed by atoms with van der Waals surface area (Å²) in [4.78, 5) is 11.5. The Morgan fingerprint density at radius 1 is 1.00 bits per heavy atom. The van der Waals surface area contributed by atoms with Crippen molar-refractivity contribution in [2.24, 2.45) is 0 Å². The van der Waals surface area contributed by atoms with Crippen LogP contribution >= 0.6 is 0 Å².